The second-order valence-electron chi connectivity index (χ2n) is 7.74. The van der Waals surface area contributed by atoms with E-state index in [-0.39, 0.29) is 18.2 Å². The highest BCUT2D eigenvalue weighted by molar-refractivity contribution is 6.01. The standard InChI is InChI=1S/C26H28N2O2/c1-3-19(2)30-22-13-9-12-21(18-22)25-27-24-15-8-7-14-23(24)26(29)28(25)17-16-20-10-5-4-6-11-20/h4-15,18-19,25,27H,3,16-17H2,1-2H3. The molecule has 3 aromatic carbocycles. The van der Waals surface area contributed by atoms with Gasteiger partial charge >= 0.3 is 0 Å². The van der Waals surface area contributed by atoms with Gasteiger partial charge in [0.1, 0.15) is 11.9 Å². The van der Waals surface area contributed by atoms with Crippen LogP contribution in [0.25, 0.3) is 0 Å². The van der Waals surface area contributed by atoms with E-state index in [1.807, 2.05) is 65.6 Å². The third-order valence-electron chi connectivity index (χ3n) is 5.59. The maximum absolute atomic E-state index is 13.4. The minimum absolute atomic E-state index is 0.0542. The Bertz CT molecular complexity index is 1000. The van der Waals surface area contributed by atoms with Crippen LogP contribution in [0.5, 0.6) is 5.75 Å². The summed E-state index contributed by atoms with van der Waals surface area (Å²) >= 11 is 0. The van der Waals surface area contributed by atoms with Gasteiger partial charge < -0.3 is 15.0 Å². The molecule has 30 heavy (non-hydrogen) atoms. The minimum atomic E-state index is -0.239. The molecule has 2 atom stereocenters. The number of fused-ring (bicyclic) bond motifs is 1. The van der Waals surface area contributed by atoms with E-state index in [0.29, 0.717) is 12.1 Å². The smallest absolute Gasteiger partial charge is 0.257 e. The van der Waals surface area contributed by atoms with Crippen LogP contribution < -0.4 is 10.1 Å². The Labute approximate surface area is 178 Å². The summed E-state index contributed by atoms with van der Waals surface area (Å²) in [6.45, 7) is 4.81. The normalized spacial score (nSPS) is 16.5. The summed E-state index contributed by atoms with van der Waals surface area (Å²) in [4.78, 5) is 15.3. The van der Waals surface area contributed by atoms with Crippen molar-refractivity contribution in [2.45, 2.75) is 39.0 Å². The molecule has 0 aromatic heterocycles. The number of rotatable bonds is 7. The van der Waals surface area contributed by atoms with Crippen molar-refractivity contribution in [3.8, 4) is 5.75 Å². The molecule has 4 rings (SSSR count). The van der Waals surface area contributed by atoms with Gasteiger partial charge in [-0.1, -0.05) is 61.5 Å². The van der Waals surface area contributed by atoms with Crippen molar-refractivity contribution in [3.63, 3.8) is 0 Å². The first-order chi connectivity index (χ1) is 14.7. The zero-order chi connectivity index (χ0) is 20.9. The molecule has 0 saturated carbocycles. The van der Waals surface area contributed by atoms with Crippen LogP contribution in [0.3, 0.4) is 0 Å². The van der Waals surface area contributed by atoms with E-state index >= 15 is 0 Å². The van der Waals surface area contributed by atoms with E-state index in [2.05, 4.69) is 37.4 Å². The number of nitrogens with zero attached hydrogens (tertiary/aromatic N) is 1. The van der Waals surface area contributed by atoms with Gasteiger partial charge in [0.05, 0.1) is 11.7 Å². The quantitative estimate of drug-likeness (QED) is 0.555. The van der Waals surface area contributed by atoms with E-state index in [1.54, 1.807) is 0 Å². The summed E-state index contributed by atoms with van der Waals surface area (Å²) in [6.07, 6.45) is 1.66. The van der Waals surface area contributed by atoms with Gasteiger partial charge in [0.25, 0.3) is 5.91 Å². The molecule has 4 nitrogen and oxygen atoms in total. The third-order valence-corrected chi connectivity index (χ3v) is 5.59. The Hall–Kier alpha value is -3.27. The topological polar surface area (TPSA) is 41.6 Å². The number of anilines is 1. The first-order valence-corrected chi connectivity index (χ1v) is 10.6. The lowest BCUT2D eigenvalue weighted by Crippen LogP contribution is -2.44. The van der Waals surface area contributed by atoms with Crippen LogP contribution in [-0.4, -0.2) is 23.5 Å². The van der Waals surface area contributed by atoms with Gasteiger partial charge in [0.15, 0.2) is 0 Å². The molecule has 0 spiro atoms. The number of carbonyl (C=O) groups is 1. The summed E-state index contributed by atoms with van der Waals surface area (Å²) < 4.78 is 6.02. The van der Waals surface area contributed by atoms with Crippen molar-refractivity contribution in [1.82, 2.24) is 4.90 Å². The number of para-hydroxylation sites is 1. The maximum Gasteiger partial charge on any atom is 0.257 e. The van der Waals surface area contributed by atoms with Crippen molar-refractivity contribution in [2.75, 3.05) is 11.9 Å². The molecule has 154 valence electrons. The first kappa shape index (κ1) is 20.0. The van der Waals surface area contributed by atoms with Gasteiger partial charge in [-0.2, -0.15) is 0 Å². The van der Waals surface area contributed by atoms with E-state index < -0.39 is 0 Å². The molecular weight excluding hydrogens is 372 g/mol. The van der Waals surface area contributed by atoms with Crippen molar-refractivity contribution in [2.24, 2.45) is 0 Å². The Balaban J connectivity index is 1.64. The fraction of sp³-hybridized carbons (Fsp3) is 0.269. The van der Waals surface area contributed by atoms with E-state index in [4.69, 9.17) is 4.74 Å². The van der Waals surface area contributed by atoms with E-state index in [9.17, 15) is 4.79 Å². The number of benzene rings is 3. The van der Waals surface area contributed by atoms with Gasteiger partial charge in [-0.05, 0) is 55.2 Å². The lowest BCUT2D eigenvalue weighted by Gasteiger charge is -2.38. The van der Waals surface area contributed by atoms with Crippen molar-refractivity contribution in [1.29, 1.82) is 0 Å². The van der Waals surface area contributed by atoms with E-state index in [1.165, 1.54) is 5.56 Å². The molecule has 0 aliphatic carbocycles. The predicted octanol–water partition coefficient (Wildman–Crippen LogP) is 5.67. The zero-order valence-corrected chi connectivity index (χ0v) is 17.5. The molecule has 3 aromatic rings. The molecule has 0 saturated heterocycles. The average Bonchev–Trinajstić information content (AvgIpc) is 2.79. The Morgan fingerprint density at radius 2 is 1.77 bits per heavy atom. The molecule has 0 radical (unpaired) electrons. The second-order valence-corrected chi connectivity index (χ2v) is 7.74. The molecule has 1 aliphatic heterocycles. The molecular formula is C26H28N2O2. The number of nitrogens with one attached hydrogen (secondary N) is 1. The monoisotopic (exact) mass is 400 g/mol. The Morgan fingerprint density at radius 3 is 2.57 bits per heavy atom. The molecule has 1 N–H and O–H groups in total. The summed E-state index contributed by atoms with van der Waals surface area (Å²) in [7, 11) is 0. The van der Waals surface area contributed by atoms with E-state index in [0.717, 1.165) is 29.8 Å². The second kappa shape index (κ2) is 9.04. The third kappa shape index (κ3) is 4.33. The molecule has 1 amide bonds. The molecule has 4 heteroatoms. The molecule has 1 aliphatic rings. The van der Waals surface area contributed by atoms with Gasteiger partial charge in [0.2, 0.25) is 0 Å². The van der Waals surface area contributed by atoms with Crippen LogP contribution in [0.2, 0.25) is 0 Å². The van der Waals surface area contributed by atoms with Gasteiger partial charge in [0, 0.05) is 12.2 Å². The van der Waals surface area contributed by atoms with Crippen LogP contribution in [0.1, 0.15) is 47.9 Å². The highest BCUT2D eigenvalue weighted by Crippen LogP contribution is 2.34. The Morgan fingerprint density at radius 1 is 1.00 bits per heavy atom. The van der Waals surface area contributed by atoms with Crippen LogP contribution >= 0.6 is 0 Å². The van der Waals surface area contributed by atoms with Crippen LogP contribution in [0, 0.1) is 0 Å². The van der Waals surface area contributed by atoms with Crippen molar-refractivity contribution >= 4 is 11.6 Å². The highest BCUT2D eigenvalue weighted by Gasteiger charge is 2.32. The largest absolute Gasteiger partial charge is 0.491 e. The van der Waals surface area contributed by atoms with Crippen LogP contribution in [0.15, 0.2) is 78.9 Å². The number of amides is 1. The zero-order valence-electron chi connectivity index (χ0n) is 17.5. The minimum Gasteiger partial charge on any atom is -0.491 e. The molecule has 1 heterocycles. The number of hydrogen-bond acceptors (Lipinski definition) is 3. The van der Waals surface area contributed by atoms with Crippen molar-refractivity contribution in [3.05, 3.63) is 95.6 Å². The van der Waals surface area contributed by atoms with Crippen LogP contribution in [0.4, 0.5) is 5.69 Å². The molecule has 0 bridgehead atoms. The summed E-state index contributed by atoms with van der Waals surface area (Å²) in [5.41, 5.74) is 3.83. The van der Waals surface area contributed by atoms with Crippen LogP contribution in [-0.2, 0) is 6.42 Å². The molecule has 0 fully saturated rings. The predicted molar refractivity (Wildman–Crippen MR) is 121 cm³/mol. The lowest BCUT2D eigenvalue weighted by atomic mass is 10.0. The van der Waals surface area contributed by atoms with Gasteiger partial charge in [-0.15, -0.1) is 0 Å². The summed E-state index contributed by atoms with van der Waals surface area (Å²) in [5, 5.41) is 3.57. The molecule has 2 unspecified atom stereocenters. The SMILES string of the molecule is CCC(C)Oc1cccc(C2Nc3ccccc3C(=O)N2CCc2ccccc2)c1. The van der Waals surface area contributed by atoms with Gasteiger partial charge in [-0.3, -0.25) is 4.79 Å². The fourth-order valence-electron chi connectivity index (χ4n) is 3.75. The number of carbonyl (C=O) groups excluding carboxylic acids is 1. The number of ether oxygens (including phenoxy) is 1. The Kier molecular flexibility index (Phi) is 6.03. The van der Waals surface area contributed by atoms with Gasteiger partial charge in [-0.25, -0.2) is 0 Å². The average molecular weight is 401 g/mol. The fourth-order valence-corrected chi connectivity index (χ4v) is 3.75. The summed E-state index contributed by atoms with van der Waals surface area (Å²) in [5.74, 6) is 0.886. The number of hydrogen-bond donors (Lipinski definition) is 1. The maximum atomic E-state index is 13.4. The van der Waals surface area contributed by atoms with Crippen molar-refractivity contribution < 1.29 is 9.53 Å². The first-order valence-electron chi connectivity index (χ1n) is 10.6. The summed E-state index contributed by atoms with van der Waals surface area (Å²) in [6, 6.07) is 26.1. The highest BCUT2D eigenvalue weighted by atomic mass is 16.5. The lowest BCUT2D eigenvalue weighted by molar-refractivity contribution is 0.0685.